The Morgan fingerprint density at radius 3 is 2.72 bits per heavy atom. The predicted molar refractivity (Wildman–Crippen MR) is 72.7 cm³/mol. The van der Waals surface area contributed by atoms with Gasteiger partial charge >= 0.3 is 0 Å². The highest BCUT2D eigenvalue weighted by atomic mass is 32.2. The van der Waals surface area contributed by atoms with Crippen molar-refractivity contribution in [2.24, 2.45) is 0 Å². The average Bonchev–Trinajstić information content (AvgIpc) is 2.37. The van der Waals surface area contributed by atoms with Crippen molar-refractivity contribution in [1.29, 1.82) is 0 Å². The van der Waals surface area contributed by atoms with Gasteiger partial charge < -0.3 is 10.6 Å². The lowest BCUT2D eigenvalue weighted by Gasteiger charge is -2.18. The Labute approximate surface area is 109 Å². The highest BCUT2D eigenvalue weighted by molar-refractivity contribution is 7.98. The van der Waals surface area contributed by atoms with Crippen molar-refractivity contribution < 1.29 is 4.39 Å². The summed E-state index contributed by atoms with van der Waals surface area (Å²) >= 11 is 1.41. The Morgan fingerprint density at radius 2 is 2.06 bits per heavy atom. The molecule has 0 saturated heterocycles. The fourth-order valence-electron chi connectivity index (χ4n) is 1.51. The topological polar surface area (TPSA) is 55.0 Å². The van der Waals surface area contributed by atoms with E-state index in [0.29, 0.717) is 22.5 Å². The molecule has 0 amide bonds. The third-order valence-electron chi connectivity index (χ3n) is 2.43. The third-order valence-corrected chi connectivity index (χ3v) is 2.98. The number of benzene rings is 1. The molecule has 2 rings (SSSR count). The van der Waals surface area contributed by atoms with Crippen LogP contribution in [0.2, 0.25) is 0 Å². The van der Waals surface area contributed by atoms with Gasteiger partial charge in [0.25, 0.3) is 0 Å². The first-order valence-electron chi connectivity index (χ1n) is 5.28. The van der Waals surface area contributed by atoms with Crippen LogP contribution in [0, 0.1) is 5.82 Å². The highest BCUT2D eigenvalue weighted by Gasteiger charge is 2.09. The summed E-state index contributed by atoms with van der Waals surface area (Å²) in [5.74, 6) is 0.747. The lowest BCUT2D eigenvalue weighted by Crippen LogP contribution is -2.12. The van der Waals surface area contributed by atoms with Gasteiger partial charge in [0.05, 0.1) is 0 Å². The van der Waals surface area contributed by atoms with Crippen molar-refractivity contribution in [2.75, 3.05) is 23.9 Å². The molecule has 0 fully saturated rings. The van der Waals surface area contributed by atoms with E-state index in [1.165, 1.54) is 23.9 Å². The predicted octanol–water partition coefficient (Wildman–Crippen LogP) is 2.69. The number of nitrogen functional groups attached to an aromatic ring is 1. The molecular formula is C12H13FN4S. The van der Waals surface area contributed by atoms with Gasteiger partial charge in [-0.25, -0.2) is 14.4 Å². The van der Waals surface area contributed by atoms with Crippen LogP contribution in [0.25, 0.3) is 0 Å². The van der Waals surface area contributed by atoms with Crippen LogP contribution in [0.3, 0.4) is 0 Å². The number of nitrogens with two attached hydrogens (primary N) is 1. The monoisotopic (exact) mass is 264 g/mol. The summed E-state index contributed by atoms with van der Waals surface area (Å²) in [6, 6.07) is 7.96. The molecule has 0 bridgehead atoms. The van der Waals surface area contributed by atoms with E-state index in [0.717, 1.165) is 0 Å². The number of aromatic nitrogens is 2. The molecule has 0 aliphatic rings. The molecule has 1 aromatic heterocycles. The van der Waals surface area contributed by atoms with Crippen molar-refractivity contribution >= 4 is 29.1 Å². The largest absolute Gasteiger partial charge is 0.383 e. The Kier molecular flexibility index (Phi) is 3.66. The lowest BCUT2D eigenvalue weighted by molar-refractivity contribution is 0.628. The minimum Gasteiger partial charge on any atom is -0.383 e. The van der Waals surface area contributed by atoms with Gasteiger partial charge in [-0.1, -0.05) is 17.8 Å². The van der Waals surface area contributed by atoms with Crippen molar-refractivity contribution in [1.82, 2.24) is 9.97 Å². The molecule has 0 aliphatic heterocycles. The first-order valence-corrected chi connectivity index (χ1v) is 6.50. The highest BCUT2D eigenvalue weighted by Crippen LogP contribution is 2.25. The molecule has 6 heteroatoms. The molecule has 0 radical (unpaired) electrons. The van der Waals surface area contributed by atoms with E-state index in [1.807, 2.05) is 6.26 Å². The summed E-state index contributed by atoms with van der Waals surface area (Å²) in [6.07, 6.45) is 1.88. The lowest BCUT2D eigenvalue weighted by atomic mass is 10.3. The molecule has 4 nitrogen and oxygen atoms in total. The molecule has 1 heterocycles. The van der Waals surface area contributed by atoms with Crippen LogP contribution in [0.5, 0.6) is 0 Å². The smallest absolute Gasteiger partial charge is 0.191 e. The van der Waals surface area contributed by atoms with Crippen molar-refractivity contribution in [3.05, 3.63) is 36.1 Å². The Morgan fingerprint density at radius 1 is 1.28 bits per heavy atom. The van der Waals surface area contributed by atoms with Gasteiger partial charge in [0, 0.05) is 18.8 Å². The van der Waals surface area contributed by atoms with E-state index < -0.39 is 0 Å². The van der Waals surface area contributed by atoms with Gasteiger partial charge in [-0.05, 0) is 24.5 Å². The number of hydrogen-bond donors (Lipinski definition) is 1. The number of halogens is 1. The Bertz CT molecular complexity index is 562. The Hall–Kier alpha value is -1.82. The number of thioether (sulfide) groups is 1. The van der Waals surface area contributed by atoms with Crippen LogP contribution in [0.4, 0.5) is 21.7 Å². The second kappa shape index (κ2) is 5.22. The number of hydrogen-bond acceptors (Lipinski definition) is 5. The van der Waals surface area contributed by atoms with Gasteiger partial charge in [-0.15, -0.1) is 0 Å². The summed E-state index contributed by atoms with van der Waals surface area (Å²) in [5, 5.41) is 0.591. The zero-order chi connectivity index (χ0) is 13.1. The van der Waals surface area contributed by atoms with Gasteiger partial charge in [0.2, 0.25) is 0 Å². The molecule has 0 spiro atoms. The van der Waals surface area contributed by atoms with E-state index in [9.17, 15) is 4.39 Å². The fourth-order valence-corrected chi connectivity index (χ4v) is 1.89. The minimum atomic E-state index is -0.286. The van der Waals surface area contributed by atoms with Gasteiger partial charge in [0.1, 0.15) is 17.5 Å². The van der Waals surface area contributed by atoms with Gasteiger partial charge in [-0.3, -0.25) is 0 Å². The van der Waals surface area contributed by atoms with Crippen LogP contribution >= 0.6 is 11.8 Å². The van der Waals surface area contributed by atoms with E-state index in [1.54, 1.807) is 30.1 Å². The first-order chi connectivity index (χ1) is 8.60. The molecule has 0 atom stereocenters. The van der Waals surface area contributed by atoms with Crippen molar-refractivity contribution in [3.8, 4) is 0 Å². The first kappa shape index (κ1) is 12.6. The molecule has 2 aromatic rings. The molecule has 1 aromatic carbocycles. The van der Waals surface area contributed by atoms with Crippen LogP contribution in [0.1, 0.15) is 0 Å². The molecule has 2 N–H and O–H groups in total. The van der Waals surface area contributed by atoms with Crippen LogP contribution in [-0.2, 0) is 0 Å². The fraction of sp³-hybridized carbons (Fsp3) is 0.167. The van der Waals surface area contributed by atoms with E-state index in [4.69, 9.17) is 5.73 Å². The molecular weight excluding hydrogens is 251 g/mol. The van der Waals surface area contributed by atoms with Gasteiger partial charge in [0.15, 0.2) is 5.16 Å². The van der Waals surface area contributed by atoms with E-state index >= 15 is 0 Å². The summed E-state index contributed by atoms with van der Waals surface area (Å²) < 4.78 is 13.2. The Balaban J connectivity index is 2.39. The second-order valence-electron chi connectivity index (χ2n) is 3.68. The van der Waals surface area contributed by atoms with Gasteiger partial charge in [-0.2, -0.15) is 0 Å². The summed E-state index contributed by atoms with van der Waals surface area (Å²) in [5.41, 5.74) is 6.42. The van der Waals surface area contributed by atoms with Crippen LogP contribution < -0.4 is 10.6 Å². The molecule has 94 valence electrons. The SMILES string of the molecule is CSc1nc(N)cc(N(C)c2cccc(F)c2)n1. The zero-order valence-corrected chi connectivity index (χ0v) is 10.9. The molecule has 0 aliphatic carbocycles. The number of anilines is 3. The molecule has 0 unspecified atom stereocenters. The average molecular weight is 264 g/mol. The zero-order valence-electron chi connectivity index (χ0n) is 10.1. The summed E-state index contributed by atoms with van der Waals surface area (Å²) in [6.45, 7) is 0. The van der Waals surface area contributed by atoms with Crippen molar-refractivity contribution in [2.45, 2.75) is 5.16 Å². The van der Waals surface area contributed by atoms with E-state index in [2.05, 4.69) is 9.97 Å². The minimum absolute atomic E-state index is 0.286. The maximum absolute atomic E-state index is 13.2. The van der Waals surface area contributed by atoms with Crippen LogP contribution in [0.15, 0.2) is 35.5 Å². The van der Waals surface area contributed by atoms with E-state index in [-0.39, 0.29) is 5.82 Å². The summed E-state index contributed by atoms with van der Waals surface area (Å²) in [7, 11) is 1.81. The second-order valence-corrected chi connectivity index (χ2v) is 4.45. The maximum Gasteiger partial charge on any atom is 0.191 e. The molecule has 18 heavy (non-hydrogen) atoms. The number of rotatable bonds is 3. The third kappa shape index (κ3) is 2.70. The quantitative estimate of drug-likeness (QED) is 0.682. The molecule has 0 saturated carbocycles. The normalized spacial score (nSPS) is 10.4. The maximum atomic E-state index is 13.2. The number of nitrogens with zero attached hydrogens (tertiary/aromatic N) is 3. The van der Waals surface area contributed by atoms with Crippen molar-refractivity contribution in [3.63, 3.8) is 0 Å². The summed E-state index contributed by atoms with van der Waals surface area (Å²) in [4.78, 5) is 10.2. The standard InChI is InChI=1S/C12H13FN4S/c1-17(9-5-3-4-8(13)6-9)11-7-10(14)15-12(16-11)18-2/h3-7H,1-2H3,(H2,14,15,16). The van der Waals surface area contributed by atoms with Crippen LogP contribution in [-0.4, -0.2) is 23.3 Å².